The van der Waals surface area contributed by atoms with Crippen molar-refractivity contribution in [1.82, 2.24) is 15.1 Å². The number of hydrogen-bond acceptors (Lipinski definition) is 5. The van der Waals surface area contributed by atoms with Crippen molar-refractivity contribution in [3.05, 3.63) is 50.7 Å². The number of fused-ring (bicyclic) bond motifs is 1. The molecule has 0 saturated heterocycles. The summed E-state index contributed by atoms with van der Waals surface area (Å²) in [6, 6.07) is 7.03. The van der Waals surface area contributed by atoms with Crippen LogP contribution in [0, 0.1) is 0 Å². The third kappa shape index (κ3) is 2.46. The first-order valence-electron chi connectivity index (χ1n) is 7.42. The Hall–Kier alpha value is -2.38. The molecule has 0 radical (unpaired) electrons. The van der Waals surface area contributed by atoms with E-state index in [1.807, 2.05) is 0 Å². The van der Waals surface area contributed by atoms with Gasteiger partial charge in [-0.15, -0.1) is 11.3 Å². The zero-order valence-electron chi connectivity index (χ0n) is 12.5. The van der Waals surface area contributed by atoms with Crippen LogP contribution < -0.4 is 16.6 Å². The lowest BCUT2D eigenvalue weighted by molar-refractivity contribution is 0.0946. The maximum absolute atomic E-state index is 12.8. The Morgan fingerprint density at radius 1 is 1.38 bits per heavy atom. The van der Waals surface area contributed by atoms with Crippen LogP contribution in [-0.4, -0.2) is 21.7 Å². The SMILES string of the molecule is Nc1scc2c(C(=O)NC3CC3)nn(-c3ccccc3Cl)c(=O)c12. The number of nitrogens with zero attached hydrogens (tertiary/aromatic N) is 2. The lowest BCUT2D eigenvalue weighted by Crippen LogP contribution is -2.31. The van der Waals surface area contributed by atoms with Crippen molar-refractivity contribution in [1.29, 1.82) is 0 Å². The Bertz CT molecular complexity index is 1020. The number of amides is 1. The molecule has 3 aromatic rings. The molecule has 3 N–H and O–H groups in total. The highest BCUT2D eigenvalue weighted by Crippen LogP contribution is 2.29. The van der Waals surface area contributed by atoms with Crippen molar-refractivity contribution in [3.63, 3.8) is 0 Å². The van der Waals surface area contributed by atoms with Gasteiger partial charge in [-0.05, 0) is 25.0 Å². The van der Waals surface area contributed by atoms with Gasteiger partial charge in [0.1, 0.15) is 0 Å². The molecule has 0 bridgehead atoms. The van der Waals surface area contributed by atoms with Crippen molar-refractivity contribution in [2.75, 3.05) is 5.73 Å². The third-order valence-corrected chi connectivity index (χ3v) is 5.02. The first-order chi connectivity index (χ1) is 11.6. The highest BCUT2D eigenvalue weighted by Gasteiger charge is 2.27. The van der Waals surface area contributed by atoms with Crippen LogP contribution in [0.2, 0.25) is 5.02 Å². The predicted octanol–water partition coefficient (Wildman–Crippen LogP) is 2.58. The number of nitrogens with one attached hydrogen (secondary N) is 1. The molecule has 0 aliphatic heterocycles. The average molecular weight is 361 g/mol. The van der Waals surface area contributed by atoms with Gasteiger partial charge >= 0.3 is 0 Å². The summed E-state index contributed by atoms with van der Waals surface area (Å²) in [4.78, 5) is 25.3. The van der Waals surface area contributed by atoms with Gasteiger partial charge in [-0.3, -0.25) is 9.59 Å². The maximum Gasteiger partial charge on any atom is 0.282 e. The standard InChI is InChI=1S/C16H13ClN4O2S/c17-10-3-1-2-4-11(10)21-16(23)12-9(7-24-14(12)18)13(20-21)15(22)19-8-5-6-8/h1-4,7-8H,5-6,18H2,(H,19,22). The second-order valence-corrected chi connectivity index (χ2v) is 6.97. The summed E-state index contributed by atoms with van der Waals surface area (Å²) in [5.74, 6) is -0.305. The van der Waals surface area contributed by atoms with Crippen LogP contribution >= 0.6 is 22.9 Å². The second-order valence-electron chi connectivity index (χ2n) is 5.65. The van der Waals surface area contributed by atoms with E-state index in [1.54, 1.807) is 29.6 Å². The van der Waals surface area contributed by atoms with E-state index in [0.717, 1.165) is 17.5 Å². The van der Waals surface area contributed by atoms with E-state index in [2.05, 4.69) is 10.4 Å². The number of para-hydroxylation sites is 1. The number of nitrogens with two attached hydrogens (primary N) is 1. The molecule has 0 unspecified atom stereocenters. The van der Waals surface area contributed by atoms with Crippen LogP contribution in [0.4, 0.5) is 5.00 Å². The first-order valence-corrected chi connectivity index (χ1v) is 8.68. The van der Waals surface area contributed by atoms with Gasteiger partial charge < -0.3 is 11.1 Å². The highest BCUT2D eigenvalue weighted by molar-refractivity contribution is 7.15. The summed E-state index contributed by atoms with van der Waals surface area (Å²) >= 11 is 7.41. The van der Waals surface area contributed by atoms with E-state index in [9.17, 15) is 9.59 Å². The van der Waals surface area contributed by atoms with Gasteiger partial charge in [-0.2, -0.15) is 9.78 Å². The number of thiophene rings is 1. The molecule has 1 amide bonds. The fourth-order valence-electron chi connectivity index (χ4n) is 2.51. The molecule has 2 heterocycles. The van der Waals surface area contributed by atoms with Gasteiger partial charge in [-0.25, -0.2) is 0 Å². The normalized spacial score (nSPS) is 14.0. The molecule has 8 heteroatoms. The fraction of sp³-hybridized carbons (Fsp3) is 0.188. The van der Waals surface area contributed by atoms with Crippen LogP contribution in [0.5, 0.6) is 0 Å². The number of halogens is 1. The smallest absolute Gasteiger partial charge is 0.282 e. The van der Waals surface area contributed by atoms with E-state index in [-0.39, 0.29) is 23.2 Å². The minimum atomic E-state index is -0.389. The quantitative estimate of drug-likeness (QED) is 0.751. The molecule has 2 aromatic heterocycles. The number of benzene rings is 1. The minimum absolute atomic E-state index is 0.185. The summed E-state index contributed by atoms with van der Waals surface area (Å²) in [5, 5.41) is 10.4. The molecule has 122 valence electrons. The Morgan fingerprint density at radius 3 is 2.83 bits per heavy atom. The highest BCUT2D eigenvalue weighted by atomic mass is 35.5. The van der Waals surface area contributed by atoms with Crippen molar-refractivity contribution < 1.29 is 4.79 Å². The zero-order valence-corrected chi connectivity index (χ0v) is 14.0. The van der Waals surface area contributed by atoms with Gasteiger partial charge in [0.05, 0.1) is 21.1 Å². The van der Waals surface area contributed by atoms with E-state index in [4.69, 9.17) is 17.3 Å². The monoisotopic (exact) mass is 360 g/mol. The molecule has 1 aliphatic carbocycles. The van der Waals surface area contributed by atoms with Gasteiger partial charge in [0.25, 0.3) is 11.5 Å². The molecule has 24 heavy (non-hydrogen) atoms. The number of nitrogen functional groups attached to an aromatic ring is 1. The molecular weight excluding hydrogens is 348 g/mol. The Labute approximate surface area is 145 Å². The van der Waals surface area contributed by atoms with Gasteiger partial charge in [0.2, 0.25) is 0 Å². The molecule has 1 saturated carbocycles. The number of carbonyl (C=O) groups is 1. The van der Waals surface area contributed by atoms with Crippen LogP contribution in [0.15, 0.2) is 34.4 Å². The van der Waals surface area contributed by atoms with Gasteiger partial charge in [-0.1, -0.05) is 23.7 Å². The van der Waals surface area contributed by atoms with Crippen LogP contribution in [0.1, 0.15) is 23.3 Å². The maximum atomic E-state index is 12.8. The lowest BCUT2D eigenvalue weighted by Gasteiger charge is -2.10. The summed E-state index contributed by atoms with van der Waals surface area (Å²) in [6.07, 6.45) is 1.93. The summed E-state index contributed by atoms with van der Waals surface area (Å²) in [5.41, 5.74) is 6.17. The third-order valence-electron chi connectivity index (χ3n) is 3.89. The van der Waals surface area contributed by atoms with Crippen molar-refractivity contribution in [3.8, 4) is 5.69 Å². The average Bonchev–Trinajstić information content (AvgIpc) is 3.29. The molecule has 1 fully saturated rings. The summed E-state index contributed by atoms with van der Waals surface area (Å²) in [6.45, 7) is 0. The summed E-state index contributed by atoms with van der Waals surface area (Å²) in [7, 11) is 0. The van der Waals surface area contributed by atoms with Gasteiger partial charge in [0.15, 0.2) is 5.69 Å². The molecule has 4 rings (SSSR count). The molecule has 1 aliphatic rings. The number of anilines is 1. The van der Waals surface area contributed by atoms with E-state index < -0.39 is 0 Å². The Kier molecular flexibility index (Phi) is 3.54. The van der Waals surface area contributed by atoms with Crippen molar-refractivity contribution >= 4 is 44.6 Å². The van der Waals surface area contributed by atoms with E-state index in [0.29, 0.717) is 26.5 Å². The fourth-order valence-corrected chi connectivity index (χ4v) is 3.51. The number of hydrogen-bond donors (Lipinski definition) is 2. The van der Waals surface area contributed by atoms with Crippen molar-refractivity contribution in [2.45, 2.75) is 18.9 Å². The van der Waals surface area contributed by atoms with E-state index >= 15 is 0 Å². The van der Waals surface area contributed by atoms with Crippen LogP contribution in [0.3, 0.4) is 0 Å². The Morgan fingerprint density at radius 2 is 2.12 bits per heavy atom. The zero-order chi connectivity index (χ0) is 16.8. The molecule has 0 atom stereocenters. The van der Waals surface area contributed by atoms with Gasteiger partial charge in [0, 0.05) is 16.8 Å². The molecule has 1 aromatic carbocycles. The van der Waals surface area contributed by atoms with E-state index in [1.165, 1.54) is 11.3 Å². The topological polar surface area (TPSA) is 90.0 Å². The summed E-state index contributed by atoms with van der Waals surface area (Å²) < 4.78 is 1.15. The number of carbonyl (C=O) groups excluding carboxylic acids is 1. The lowest BCUT2D eigenvalue weighted by atomic mass is 10.2. The minimum Gasteiger partial charge on any atom is -0.390 e. The molecule has 6 nitrogen and oxygen atoms in total. The number of aromatic nitrogens is 2. The van der Waals surface area contributed by atoms with Crippen LogP contribution in [-0.2, 0) is 0 Å². The predicted molar refractivity (Wildman–Crippen MR) is 95.1 cm³/mol. The molecule has 0 spiro atoms. The second kappa shape index (κ2) is 5.61. The molecular formula is C16H13ClN4O2S. The largest absolute Gasteiger partial charge is 0.390 e. The van der Waals surface area contributed by atoms with Crippen molar-refractivity contribution in [2.24, 2.45) is 0 Å². The Balaban J connectivity index is 1.99. The number of rotatable bonds is 3. The van der Waals surface area contributed by atoms with Crippen LogP contribution in [0.25, 0.3) is 16.5 Å². The first kappa shape index (κ1) is 15.2.